The van der Waals surface area contributed by atoms with E-state index in [4.69, 9.17) is 4.74 Å². The fraction of sp³-hybridized carbons (Fsp3) is 0.467. The van der Waals surface area contributed by atoms with Gasteiger partial charge in [0.2, 0.25) is 0 Å². The Bertz CT molecular complexity index is 546. The fourth-order valence-corrected chi connectivity index (χ4v) is 3.23. The second kappa shape index (κ2) is 4.58. The summed E-state index contributed by atoms with van der Waals surface area (Å²) < 4.78 is 6.59. The third-order valence-corrected chi connectivity index (χ3v) is 4.71. The first-order valence-corrected chi connectivity index (χ1v) is 7.27. The Labute approximate surface area is 126 Å². The molecule has 0 aliphatic carbocycles. The molecule has 2 rings (SSSR count). The van der Waals surface area contributed by atoms with Crippen molar-refractivity contribution in [1.82, 2.24) is 0 Å². The molecule has 1 aliphatic heterocycles. The van der Waals surface area contributed by atoms with E-state index in [0.29, 0.717) is 0 Å². The Hall–Kier alpha value is -0.910. The lowest BCUT2D eigenvalue weighted by Crippen LogP contribution is -2.52. The Kier molecular flexibility index (Phi) is 3.49. The molecule has 102 valence electrons. The smallest absolute Gasteiger partial charge is 0.319 e. The Morgan fingerprint density at radius 3 is 2.26 bits per heavy atom. The number of cyclic esters (lactones) is 1. The van der Waals surface area contributed by atoms with E-state index in [1.165, 1.54) is 0 Å². The minimum Gasteiger partial charge on any atom is -0.456 e. The molecule has 1 fully saturated rings. The van der Waals surface area contributed by atoms with E-state index in [2.05, 4.69) is 22.6 Å². The van der Waals surface area contributed by atoms with Crippen LogP contribution < -0.4 is 0 Å². The van der Waals surface area contributed by atoms with E-state index in [-0.39, 0.29) is 5.78 Å². The van der Waals surface area contributed by atoms with Gasteiger partial charge in [-0.05, 0) is 56.4 Å². The van der Waals surface area contributed by atoms with Crippen LogP contribution in [-0.4, -0.2) is 11.8 Å². The van der Waals surface area contributed by atoms with Gasteiger partial charge in [0.25, 0.3) is 0 Å². The molecule has 0 unspecified atom stereocenters. The molecule has 19 heavy (non-hydrogen) atoms. The van der Waals surface area contributed by atoms with Gasteiger partial charge in [-0.3, -0.25) is 9.59 Å². The molecule has 1 aromatic rings. The lowest BCUT2D eigenvalue weighted by Gasteiger charge is -2.43. The number of halogens is 1. The predicted octanol–water partition coefficient (Wildman–Crippen LogP) is 3.51. The van der Waals surface area contributed by atoms with Crippen LogP contribution in [0.15, 0.2) is 24.3 Å². The zero-order valence-corrected chi connectivity index (χ0v) is 13.6. The summed E-state index contributed by atoms with van der Waals surface area (Å²) in [7, 11) is 0. The molecule has 0 N–H and O–H groups in total. The van der Waals surface area contributed by atoms with Gasteiger partial charge in [0.1, 0.15) is 11.5 Å². The number of rotatable bonds is 1. The maximum atomic E-state index is 12.6. The molecule has 0 spiro atoms. The number of hydrogen-bond donors (Lipinski definition) is 0. The summed E-state index contributed by atoms with van der Waals surface area (Å²) in [5.41, 5.74) is -0.899. The van der Waals surface area contributed by atoms with E-state index in [1.807, 2.05) is 38.1 Å². The summed E-state index contributed by atoms with van der Waals surface area (Å²) in [6.07, 6.45) is -0.520. The molecule has 3 nitrogen and oxygen atoms in total. The van der Waals surface area contributed by atoms with Gasteiger partial charge < -0.3 is 4.74 Å². The number of Topliss-reactive ketones (excluding diaryl/α,β-unsaturated/α-hetero) is 1. The van der Waals surface area contributed by atoms with Crippen LogP contribution in [0, 0.1) is 14.4 Å². The van der Waals surface area contributed by atoms with E-state index < -0.39 is 22.9 Å². The monoisotopic (exact) mass is 372 g/mol. The first-order chi connectivity index (χ1) is 8.69. The third kappa shape index (κ3) is 2.20. The van der Waals surface area contributed by atoms with Gasteiger partial charge in [-0.2, -0.15) is 0 Å². The van der Waals surface area contributed by atoms with Crippen LogP contribution in [0.5, 0.6) is 0 Å². The molecule has 0 amide bonds. The van der Waals surface area contributed by atoms with Gasteiger partial charge in [-0.25, -0.2) is 0 Å². The minimum atomic E-state index is -1.07. The molecule has 4 heteroatoms. The summed E-state index contributed by atoms with van der Waals surface area (Å²) in [4.78, 5) is 24.6. The largest absolute Gasteiger partial charge is 0.456 e. The topological polar surface area (TPSA) is 43.4 Å². The van der Waals surface area contributed by atoms with Crippen molar-refractivity contribution in [1.29, 1.82) is 0 Å². The van der Waals surface area contributed by atoms with Crippen molar-refractivity contribution >= 4 is 34.3 Å². The quantitative estimate of drug-likeness (QED) is 0.431. The number of ketones is 1. The normalized spacial score (nSPS) is 25.0. The SMILES string of the molecule is CC1(C)C(=O)O[C@H](c2ccccc2I)C(C)(C)C1=O. The lowest BCUT2D eigenvalue weighted by atomic mass is 9.67. The van der Waals surface area contributed by atoms with Gasteiger partial charge in [-0.1, -0.05) is 18.2 Å². The highest BCUT2D eigenvalue weighted by Crippen LogP contribution is 2.48. The molecule has 0 radical (unpaired) electrons. The van der Waals surface area contributed by atoms with Gasteiger partial charge in [-0.15, -0.1) is 0 Å². The molecular formula is C15H17IO3. The summed E-state index contributed by atoms with van der Waals surface area (Å²) >= 11 is 2.20. The van der Waals surface area contributed by atoms with Crippen molar-refractivity contribution in [3.63, 3.8) is 0 Å². The molecule has 1 atom stereocenters. The van der Waals surface area contributed by atoms with Crippen LogP contribution in [0.4, 0.5) is 0 Å². The van der Waals surface area contributed by atoms with Gasteiger partial charge in [0.05, 0.1) is 5.41 Å². The zero-order chi connectivity index (χ0) is 14.4. The average Bonchev–Trinajstić information content (AvgIpc) is 2.34. The van der Waals surface area contributed by atoms with Crippen molar-refractivity contribution in [3.8, 4) is 0 Å². The van der Waals surface area contributed by atoms with Crippen molar-refractivity contribution in [3.05, 3.63) is 33.4 Å². The van der Waals surface area contributed by atoms with Gasteiger partial charge in [0, 0.05) is 9.13 Å². The van der Waals surface area contributed by atoms with E-state index >= 15 is 0 Å². The van der Waals surface area contributed by atoms with Crippen LogP contribution >= 0.6 is 22.6 Å². The van der Waals surface area contributed by atoms with Gasteiger partial charge >= 0.3 is 5.97 Å². The van der Waals surface area contributed by atoms with Crippen LogP contribution in [0.3, 0.4) is 0 Å². The molecule has 0 saturated carbocycles. The average molecular weight is 372 g/mol. The highest BCUT2D eigenvalue weighted by molar-refractivity contribution is 14.1. The molecule has 1 saturated heterocycles. The van der Waals surface area contributed by atoms with Crippen molar-refractivity contribution in [2.45, 2.75) is 33.8 Å². The highest BCUT2D eigenvalue weighted by atomic mass is 127. The second-order valence-corrected chi connectivity index (χ2v) is 7.14. The molecule has 1 aliphatic rings. The predicted molar refractivity (Wildman–Crippen MR) is 80.6 cm³/mol. The fourth-order valence-electron chi connectivity index (χ4n) is 2.56. The maximum absolute atomic E-state index is 12.6. The van der Waals surface area contributed by atoms with Crippen LogP contribution in [0.25, 0.3) is 0 Å². The second-order valence-electron chi connectivity index (χ2n) is 5.98. The zero-order valence-electron chi connectivity index (χ0n) is 11.5. The molecule has 0 bridgehead atoms. The van der Waals surface area contributed by atoms with E-state index in [9.17, 15) is 9.59 Å². The lowest BCUT2D eigenvalue weighted by molar-refractivity contribution is -0.186. The Morgan fingerprint density at radius 1 is 1.11 bits per heavy atom. The van der Waals surface area contributed by atoms with Crippen molar-refractivity contribution in [2.75, 3.05) is 0 Å². The standard InChI is InChI=1S/C15H17IO3/c1-14(2)11(9-7-5-6-8-10(9)16)19-13(18)15(3,4)12(14)17/h5-8,11H,1-4H3/t11-/m1/s1. The van der Waals surface area contributed by atoms with Crippen LogP contribution in [0.2, 0.25) is 0 Å². The van der Waals surface area contributed by atoms with E-state index in [0.717, 1.165) is 9.13 Å². The number of esters is 1. The summed E-state index contributed by atoms with van der Waals surface area (Å²) in [6.45, 7) is 6.95. The maximum Gasteiger partial charge on any atom is 0.319 e. The number of benzene rings is 1. The summed E-state index contributed by atoms with van der Waals surface area (Å²) in [5.74, 6) is -0.512. The first kappa shape index (κ1) is 14.5. The summed E-state index contributed by atoms with van der Waals surface area (Å²) in [6, 6.07) is 7.68. The minimum absolute atomic E-state index is 0.0686. The molecular weight excluding hydrogens is 355 g/mol. The van der Waals surface area contributed by atoms with E-state index in [1.54, 1.807) is 13.8 Å². The number of hydrogen-bond acceptors (Lipinski definition) is 3. The van der Waals surface area contributed by atoms with Crippen LogP contribution in [-0.2, 0) is 14.3 Å². The third-order valence-electron chi connectivity index (χ3n) is 3.73. The Balaban J connectivity index is 2.52. The Morgan fingerprint density at radius 2 is 1.68 bits per heavy atom. The van der Waals surface area contributed by atoms with Gasteiger partial charge in [0.15, 0.2) is 5.78 Å². The molecule has 1 heterocycles. The molecule has 0 aromatic heterocycles. The first-order valence-electron chi connectivity index (χ1n) is 6.19. The van der Waals surface area contributed by atoms with Crippen molar-refractivity contribution in [2.24, 2.45) is 10.8 Å². The number of carbonyl (C=O) groups excluding carboxylic acids is 2. The number of carbonyl (C=O) groups is 2. The van der Waals surface area contributed by atoms with Crippen LogP contribution in [0.1, 0.15) is 39.4 Å². The highest BCUT2D eigenvalue weighted by Gasteiger charge is 2.55. The molecule has 1 aromatic carbocycles. The van der Waals surface area contributed by atoms with Crippen molar-refractivity contribution < 1.29 is 14.3 Å². The summed E-state index contributed by atoms with van der Waals surface area (Å²) in [5, 5.41) is 0. The number of ether oxygens (including phenoxy) is 1.